The van der Waals surface area contributed by atoms with Crippen LogP contribution in [0.1, 0.15) is 68.9 Å². The smallest absolute Gasteiger partial charge is 0.0502 e. The fraction of sp³-hybridized carbons (Fsp3) is 0.125. The highest BCUT2D eigenvalue weighted by Crippen LogP contribution is 2.55. The molecule has 2 nitrogen and oxygen atoms in total. The molecule has 9 aromatic carbocycles. The maximum atomic E-state index is 2.50. The van der Waals surface area contributed by atoms with Gasteiger partial charge in [-0.3, -0.25) is 0 Å². The van der Waals surface area contributed by atoms with Crippen LogP contribution in [0.2, 0.25) is 0 Å². The molecule has 0 radical (unpaired) electrons. The summed E-state index contributed by atoms with van der Waals surface area (Å²) in [7, 11) is 0. The van der Waals surface area contributed by atoms with E-state index in [1.54, 1.807) is 0 Å². The number of hydrogen-bond donors (Lipinski definition) is 0. The third-order valence-corrected chi connectivity index (χ3v) is 14.8. The molecule has 0 spiro atoms. The van der Waals surface area contributed by atoms with E-state index in [0.29, 0.717) is 0 Å². The summed E-state index contributed by atoms with van der Waals surface area (Å²) in [6.07, 6.45) is 14.3. The van der Waals surface area contributed by atoms with E-state index in [9.17, 15) is 0 Å². The van der Waals surface area contributed by atoms with Crippen molar-refractivity contribution >= 4 is 72.0 Å². The zero-order valence-electron chi connectivity index (χ0n) is 38.3. The molecule has 9 aromatic rings. The van der Waals surface area contributed by atoms with Gasteiger partial charge in [-0.15, -0.1) is 0 Å². The van der Waals surface area contributed by atoms with E-state index < -0.39 is 0 Å². The Morgan fingerprint density at radius 2 is 0.970 bits per heavy atom. The standard InChI is InChI=1S/C64H52N2/c1-42(31-32-43-19-7-6-8-20-43)61-49-37-35-48(66-59-29-17-13-25-55(59)64(4,5)56-26-14-18-30-60(56)66)41-52(49)62(46-34-33-44-21-9-10-22-45(44)39-46)50-38-36-47(40-51(50)61)65-57-27-15-11-23-53(57)63(2,3)54-24-12-16-28-58(54)65/h6-19,21-41H,20H2,1-5H3/b42-31+,43-32-. The van der Waals surface area contributed by atoms with Crippen LogP contribution in [0.15, 0.2) is 218 Å². The van der Waals surface area contributed by atoms with Crippen molar-refractivity contribution in [1.29, 1.82) is 0 Å². The Morgan fingerprint density at radius 1 is 0.470 bits per heavy atom. The summed E-state index contributed by atoms with van der Waals surface area (Å²) < 4.78 is 0. The number of rotatable bonds is 5. The average Bonchev–Trinajstić information content (AvgIpc) is 3.35. The summed E-state index contributed by atoms with van der Waals surface area (Å²) >= 11 is 0. The van der Waals surface area contributed by atoms with Gasteiger partial charge in [0.05, 0.1) is 22.7 Å². The molecule has 0 saturated carbocycles. The molecular formula is C64H52N2. The van der Waals surface area contributed by atoms with Crippen LogP contribution in [0.4, 0.5) is 34.1 Å². The molecule has 0 bridgehead atoms. The van der Waals surface area contributed by atoms with Crippen LogP contribution in [-0.2, 0) is 10.8 Å². The van der Waals surface area contributed by atoms with Gasteiger partial charge in [0.15, 0.2) is 0 Å². The van der Waals surface area contributed by atoms with Gasteiger partial charge in [-0.05, 0) is 150 Å². The minimum atomic E-state index is -0.150. The normalized spacial score (nSPS) is 16.4. The minimum Gasteiger partial charge on any atom is -0.310 e. The molecule has 3 aliphatic rings. The molecule has 0 aromatic heterocycles. The Labute approximate surface area is 388 Å². The number of hydrogen-bond acceptors (Lipinski definition) is 2. The second-order valence-corrected chi connectivity index (χ2v) is 19.3. The predicted molar refractivity (Wildman–Crippen MR) is 283 cm³/mol. The first-order valence-corrected chi connectivity index (χ1v) is 23.4. The highest BCUT2D eigenvalue weighted by Gasteiger charge is 2.38. The molecule has 2 heteroatoms. The van der Waals surface area contributed by atoms with E-state index in [0.717, 1.165) is 17.8 Å². The highest BCUT2D eigenvalue weighted by molar-refractivity contribution is 6.20. The van der Waals surface area contributed by atoms with E-state index in [-0.39, 0.29) is 10.8 Å². The van der Waals surface area contributed by atoms with Crippen molar-refractivity contribution in [3.05, 3.63) is 246 Å². The van der Waals surface area contributed by atoms with Gasteiger partial charge in [0.1, 0.15) is 0 Å². The molecule has 318 valence electrons. The molecule has 0 N–H and O–H groups in total. The van der Waals surface area contributed by atoms with Gasteiger partial charge in [-0.25, -0.2) is 0 Å². The number of anilines is 6. The topological polar surface area (TPSA) is 6.48 Å². The van der Waals surface area contributed by atoms with Crippen molar-refractivity contribution in [3.8, 4) is 11.1 Å². The number of nitrogens with zero attached hydrogens (tertiary/aromatic N) is 2. The highest BCUT2D eigenvalue weighted by atomic mass is 15.2. The molecule has 12 rings (SSSR count). The number of benzene rings is 9. The SMILES string of the molecule is C/C(=C\C=C1\C=CC=CC1)c1c2cc(N3c4ccccc4C(C)(C)c4ccccc43)ccc2c(-c2ccc3ccccc3c2)c2cc(N3c4ccccc4C(C)(C)c4ccccc43)ccc12. The zero-order chi connectivity index (χ0) is 44.7. The molecule has 0 amide bonds. The summed E-state index contributed by atoms with van der Waals surface area (Å²) in [5.74, 6) is 0. The van der Waals surface area contributed by atoms with Gasteiger partial charge in [0.25, 0.3) is 0 Å². The van der Waals surface area contributed by atoms with Crippen LogP contribution in [0.3, 0.4) is 0 Å². The molecule has 2 aliphatic heterocycles. The van der Waals surface area contributed by atoms with Crippen molar-refractivity contribution in [2.75, 3.05) is 9.80 Å². The largest absolute Gasteiger partial charge is 0.310 e. The second kappa shape index (κ2) is 15.2. The molecule has 0 fully saturated rings. The first-order valence-electron chi connectivity index (χ1n) is 23.4. The Balaban J connectivity index is 1.18. The van der Waals surface area contributed by atoms with Gasteiger partial charge in [0.2, 0.25) is 0 Å². The van der Waals surface area contributed by atoms with Gasteiger partial charge in [0, 0.05) is 22.2 Å². The van der Waals surface area contributed by atoms with Crippen LogP contribution in [-0.4, -0.2) is 0 Å². The molecule has 2 heterocycles. The van der Waals surface area contributed by atoms with E-state index in [4.69, 9.17) is 0 Å². The summed E-state index contributed by atoms with van der Waals surface area (Å²) in [5, 5.41) is 7.40. The van der Waals surface area contributed by atoms with Crippen LogP contribution in [0.25, 0.3) is 49.0 Å². The lowest BCUT2D eigenvalue weighted by Crippen LogP contribution is -2.30. The second-order valence-electron chi connectivity index (χ2n) is 19.3. The van der Waals surface area contributed by atoms with Crippen molar-refractivity contribution in [3.63, 3.8) is 0 Å². The zero-order valence-corrected chi connectivity index (χ0v) is 38.3. The number of fused-ring (bicyclic) bond motifs is 7. The molecule has 0 saturated heterocycles. The third-order valence-electron chi connectivity index (χ3n) is 14.8. The molecule has 0 atom stereocenters. The summed E-state index contributed by atoms with van der Waals surface area (Å²) in [5.41, 5.74) is 18.4. The van der Waals surface area contributed by atoms with Gasteiger partial charge < -0.3 is 9.80 Å². The average molecular weight is 849 g/mol. The Hall–Kier alpha value is -7.68. The van der Waals surface area contributed by atoms with Gasteiger partial charge >= 0.3 is 0 Å². The Bertz CT molecular complexity index is 3490. The Kier molecular flexibility index (Phi) is 9.19. The lowest BCUT2D eigenvalue weighted by Gasteiger charge is -2.42. The van der Waals surface area contributed by atoms with E-state index >= 15 is 0 Å². The number of allylic oxidation sites excluding steroid dienone is 8. The maximum absolute atomic E-state index is 2.50. The van der Waals surface area contributed by atoms with Crippen LogP contribution >= 0.6 is 0 Å². The number of para-hydroxylation sites is 4. The first-order chi connectivity index (χ1) is 32.2. The minimum absolute atomic E-state index is 0.149. The fourth-order valence-corrected chi connectivity index (χ4v) is 11.4. The Morgan fingerprint density at radius 3 is 1.52 bits per heavy atom. The van der Waals surface area contributed by atoms with Gasteiger partial charge in [-0.2, -0.15) is 0 Å². The van der Waals surface area contributed by atoms with Gasteiger partial charge in [-0.1, -0.05) is 185 Å². The summed E-state index contributed by atoms with van der Waals surface area (Å²) in [6, 6.07) is 66.1. The van der Waals surface area contributed by atoms with E-state index in [1.807, 2.05) is 0 Å². The molecule has 0 unspecified atom stereocenters. The van der Waals surface area contributed by atoms with Crippen molar-refractivity contribution in [2.24, 2.45) is 0 Å². The van der Waals surface area contributed by atoms with Crippen LogP contribution in [0.5, 0.6) is 0 Å². The monoisotopic (exact) mass is 848 g/mol. The lowest BCUT2D eigenvalue weighted by atomic mass is 9.73. The predicted octanol–water partition coefficient (Wildman–Crippen LogP) is 17.9. The lowest BCUT2D eigenvalue weighted by molar-refractivity contribution is 0.632. The summed E-state index contributed by atoms with van der Waals surface area (Å²) in [6.45, 7) is 11.7. The van der Waals surface area contributed by atoms with Crippen molar-refractivity contribution in [1.82, 2.24) is 0 Å². The van der Waals surface area contributed by atoms with E-state index in [2.05, 4.69) is 257 Å². The van der Waals surface area contributed by atoms with Crippen LogP contribution in [0, 0.1) is 0 Å². The molecular weight excluding hydrogens is 797 g/mol. The maximum Gasteiger partial charge on any atom is 0.0502 e. The fourth-order valence-electron chi connectivity index (χ4n) is 11.4. The van der Waals surface area contributed by atoms with Crippen molar-refractivity contribution in [2.45, 2.75) is 51.9 Å². The first kappa shape index (κ1) is 39.9. The quantitative estimate of drug-likeness (QED) is 0.159. The van der Waals surface area contributed by atoms with Crippen LogP contribution < -0.4 is 9.80 Å². The molecule has 1 aliphatic carbocycles. The summed E-state index contributed by atoms with van der Waals surface area (Å²) in [4.78, 5) is 4.99. The van der Waals surface area contributed by atoms with E-state index in [1.165, 1.54) is 105 Å². The molecule has 66 heavy (non-hydrogen) atoms. The van der Waals surface area contributed by atoms with Crippen molar-refractivity contribution < 1.29 is 0 Å². The third kappa shape index (κ3) is 6.16.